The molecule has 3 rings (SSSR count). The number of aromatic nitrogens is 2. The summed E-state index contributed by atoms with van der Waals surface area (Å²) in [6.07, 6.45) is -0.0594. The van der Waals surface area contributed by atoms with Crippen LogP contribution in [-0.4, -0.2) is 29.8 Å². The largest absolute Gasteiger partial charge is 0.366 e. The molecule has 0 spiro atoms. The van der Waals surface area contributed by atoms with Gasteiger partial charge in [0.2, 0.25) is 0 Å². The Morgan fingerprint density at radius 3 is 3.10 bits per heavy atom. The van der Waals surface area contributed by atoms with E-state index in [1.54, 1.807) is 12.1 Å². The lowest BCUT2D eigenvalue weighted by atomic mass is 10.1. The van der Waals surface area contributed by atoms with E-state index in [-0.39, 0.29) is 18.3 Å². The fraction of sp³-hybridized carbons (Fsp3) is 0.385. The molecule has 1 N–H and O–H groups in total. The second-order valence-electron chi connectivity index (χ2n) is 4.49. The Kier molecular flexibility index (Phi) is 3.95. The van der Waals surface area contributed by atoms with Crippen molar-refractivity contribution in [3.63, 3.8) is 0 Å². The third kappa shape index (κ3) is 2.82. The maximum atomic E-state index is 13.7. The van der Waals surface area contributed by atoms with Crippen LogP contribution in [0.15, 0.2) is 22.7 Å². The Balaban J connectivity index is 1.77. The predicted molar refractivity (Wildman–Crippen MR) is 70.1 cm³/mol. The Labute approximate surface area is 120 Å². The molecule has 1 aliphatic rings. The molecule has 1 atom stereocenters. The fourth-order valence-electron chi connectivity index (χ4n) is 2.05. The molecule has 0 aliphatic carbocycles. The summed E-state index contributed by atoms with van der Waals surface area (Å²) in [6, 6.07) is 4.55. The van der Waals surface area contributed by atoms with E-state index >= 15 is 0 Å². The molecule has 2 aromatic rings. The number of ether oxygens (including phenoxy) is 1. The van der Waals surface area contributed by atoms with Crippen LogP contribution >= 0.6 is 11.6 Å². The van der Waals surface area contributed by atoms with Crippen molar-refractivity contribution in [2.45, 2.75) is 12.5 Å². The predicted octanol–water partition coefficient (Wildman–Crippen LogP) is 2.11. The third-order valence-electron chi connectivity index (χ3n) is 3.08. The first-order valence-electron chi connectivity index (χ1n) is 6.32. The van der Waals surface area contributed by atoms with Gasteiger partial charge in [0.05, 0.1) is 6.61 Å². The van der Waals surface area contributed by atoms with Crippen LogP contribution < -0.4 is 5.32 Å². The average Bonchev–Trinajstić information content (AvgIpc) is 2.93. The normalized spacial score (nSPS) is 19.2. The van der Waals surface area contributed by atoms with Crippen molar-refractivity contribution in [1.29, 1.82) is 0 Å². The first-order chi connectivity index (χ1) is 9.74. The number of hydrogen-bond donors (Lipinski definition) is 1. The lowest BCUT2D eigenvalue weighted by Gasteiger charge is -2.19. The SMILES string of the molecule is Fc1cccc(Cl)c1Cc1noc(C2CNCCO2)n1. The maximum Gasteiger partial charge on any atom is 0.257 e. The molecule has 106 valence electrons. The molecule has 0 radical (unpaired) electrons. The topological polar surface area (TPSA) is 60.2 Å². The van der Waals surface area contributed by atoms with Crippen molar-refractivity contribution >= 4 is 11.6 Å². The van der Waals surface area contributed by atoms with Gasteiger partial charge >= 0.3 is 0 Å². The van der Waals surface area contributed by atoms with Gasteiger partial charge in [0.15, 0.2) is 5.82 Å². The summed E-state index contributed by atoms with van der Waals surface area (Å²) in [4.78, 5) is 4.24. The molecule has 1 aliphatic heterocycles. The molecular formula is C13H13ClFN3O2. The van der Waals surface area contributed by atoms with Gasteiger partial charge in [0.25, 0.3) is 5.89 Å². The second kappa shape index (κ2) is 5.87. The highest BCUT2D eigenvalue weighted by Crippen LogP contribution is 2.22. The molecule has 2 heterocycles. The summed E-state index contributed by atoms with van der Waals surface area (Å²) in [6.45, 7) is 2.03. The van der Waals surface area contributed by atoms with E-state index in [1.165, 1.54) is 6.07 Å². The van der Waals surface area contributed by atoms with Crippen molar-refractivity contribution in [1.82, 2.24) is 15.5 Å². The van der Waals surface area contributed by atoms with Gasteiger partial charge < -0.3 is 14.6 Å². The van der Waals surface area contributed by atoms with E-state index in [2.05, 4.69) is 15.5 Å². The minimum Gasteiger partial charge on any atom is -0.366 e. The zero-order valence-corrected chi connectivity index (χ0v) is 11.4. The molecule has 1 unspecified atom stereocenters. The van der Waals surface area contributed by atoms with Gasteiger partial charge in [-0.1, -0.05) is 22.8 Å². The molecule has 1 saturated heterocycles. The number of halogens is 2. The highest BCUT2D eigenvalue weighted by molar-refractivity contribution is 6.31. The standard InChI is InChI=1S/C13H13ClFN3O2/c14-9-2-1-3-10(15)8(9)6-12-17-13(20-18-12)11-7-16-4-5-19-11/h1-3,11,16H,4-7H2. The maximum absolute atomic E-state index is 13.7. The number of hydrogen-bond acceptors (Lipinski definition) is 5. The van der Waals surface area contributed by atoms with Crippen LogP contribution in [-0.2, 0) is 11.2 Å². The molecule has 20 heavy (non-hydrogen) atoms. The first-order valence-corrected chi connectivity index (χ1v) is 6.69. The quantitative estimate of drug-likeness (QED) is 0.940. The molecule has 0 bridgehead atoms. The van der Waals surface area contributed by atoms with Crippen molar-refractivity contribution in [2.75, 3.05) is 19.7 Å². The highest BCUT2D eigenvalue weighted by atomic mass is 35.5. The van der Waals surface area contributed by atoms with Gasteiger partial charge in [-0.05, 0) is 12.1 Å². The van der Waals surface area contributed by atoms with Crippen molar-refractivity contribution in [3.05, 3.63) is 46.3 Å². The lowest BCUT2D eigenvalue weighted by molar-refractivity contribution is 0.00755. The molecule has 0 amide bonds. The van der Waals surface area contributed by atoms with E-state index in [9.17, 15) is 4.39 Å². The summed E-state index contributed by atoms with van der Waals surface area (Å²) in [5.74, 6) is 0.417. The average molecular weight is 298 g/mol. The molecule has 5 nitrogen and oxygen atoms in total. The number of nitrogens with zero attached hydrogens (tertiary/aromatic N) is 2. The van der Waals surface area contributed by atoms with Gasteiger partial charge in [-0.25, -0.2) is 4.39 Å². The lowest BCUT2D eigenvalue weighted by Crippen LogP contribution is -2.33. The van der Waals surface area contributed by atoms with Gasteiger partial charge in [0.1, 0.15) is 11.9 Å². The number of nitrogens with one attached hydrogen (secondary N) is 1. The van der Waals surface area contributed by atoms with Crippen LogP contribution in [0.1, 0.15) is 23.4 Å². The van der Waals surface area contributed by atoms with E-state index in [4.69, 9.17) is 20.9 Å². The fourth-order valence-corrected chi connectivity index (χ4v) is 2.28. The molecule has 0 saturated carbocycles. The minimum absolute atomic E-state index is 0.190. The van der Waals surface area contributed by atoms with E-state index < -0.39 is 0 Å². The zero-order valence-electron chi connectivity index (χ0n) is 10.6. The summed E-state index contributed by atoms with van der Waals surface area (Å²) in [7, 11) is 0. The van der Waals surface area contributed by atoms with Crippen molar-refractivity contribution < 1.29 is 13.7 Å². The Bertz CT molecular complexity index is 579. The highest BCUT2D eigenvalue weighted by Gasteiger charge is 2.22. The van der Waals surface area contributed by atoms with Crippen LogP contribution in [0.5, 0.6) is 0 Å². The van der Waals surface area contributed by atoms with E-state index in [0.29, 0.717) is 35.5 Å². The number of rotatable bonds is 3. The number of morpholine rings is 1. The van der Waals surface area contributed by atoms with Crippen LogP contribution in [0.4, 0.5) is 4.39 Å². The third-order valence-corrected chi connectivity index (χ3v) is 3.44. The van der Waals surface area contributed by atoms with Crippen molar-refractivity contribution in [3.8, 4) is 0 Å². The second-order valence-corrected chi connectivity index (χ2v) is 4.90. The zero-order chi connectivity index (χ0) is 13.9. The Morgan fingerprint density at radius 1 is 1.45 bits per heavy atom. The minimum atomic E-state index is -0.376. The smallest absolute Gasteiger partial charge is 0.257 e. The molecule has 7 heteroatoms. The van der Waals surface area contributed by atoms with Crippen LogP contribution in [0.25, 0.3) is 0 Å². The van der Waals surface area contributed by atoms with Crippen LogP contribution in [0, 0.1) is 5.82 Å². The molecule has 1 fully saturated rings. The van der Waals surface area contributed by atoms with Gasteiger partial charge in [-0.15, -0.1) is 0 Å². The number of benzene rings is 1. The molecule has 1 aromatic heterocycles. The van der Waals surface area contributed by atoms with Crippen molar-refractivity contribution in [2.24, 2.45) is 0 Å². The molecule has 1 aromatic carbocycles. The van der Waals surface area contributed by atoms with E-state index in [1.807, 2.05) is 0 Å². The van der Waals surface area contributed by atoms with Crippen LogP contribution in [0.2, 0.25) is 5.02 Å². The van der Waals surface area contributed by atoms with Gasteiger partial charge in [-0.3, -0.25) is 0 Å². The van der Waals surface area contributed by atoms with Crippen LogP contribution in [0.3, 0.4) is 0 Å². The first kappa shape index (κ1) is 13.5. The summed E-state index contributed by atoms with van der Waals surface area (Å²) in [5.41, 5.74) is 0.365. The monoisotopic (exact) mass is 297 g/mol. The summed E-state index contributed by atoms with van der Waals surface area (Å²) in [5, 5.41) is 7.38. The van der Waals surface area contributed by atoms with E-state index in [0.717, 1.165) is 6.54 Å². The van der Waals surface area contributed by atoms with Gasteiger partial charge in [-0.2, -0.15) is 4.98 Å². The summed E-state index contributed by atoms with van der Waals surface area (Å²) < 4.78 is 24.4. The molecular weight excluding hydrogens is 285 g/mol. The Morgan fingerprint density at radius 2 is 2.35 bits per heavy atom. The summed E-state index contributed by atoms with van der Waals surface area (Å²) >= 11 is 5.97. The van der Waals surface area contributed by atoms with Gasteiger partial charge in [0, 0.05) is 30.1 Å². The Hall–Kier alpha value is -1.50.